The SMILES string of the molecule is CCOC(=O)C(N)=CC(CF)(CF)CF. The Morgan fingerprint density at radius 2 is 1.80 bits per heavy atom. The molecule has 0 saturated carbocycles. The van der Waals surface area contributed by atoms with Crippen LogP contribution in [0.15, 0.2) is 11.8 Å². The second-order valence-electron chi connectivity index (χ2n) is 3.08. The Morgan fingerprint density at radius 1 is 1.33 bits per heavy atom. The maximum Gasteiger partial charge on any atom is 0.353 e. The molecule has 3 nitrogen and oxygen atoms in total. The second kappa shape index (κ2) is 6.31. The van der Waals surface area contributed by atoms with Crippen LogP contribution in [-0.4, -0.2) is 32.6 Å². The first kappa shape index (κ1) is 13.8. The Bertz CT molecular complexity index is 231. The lowest BCUT2D eigenvalue weighted by Crippen LogP contribution is -2.29. The lowest BCUT2D eigenvalue weighted by Gasteiger charge is -2.19. The summed E-state index contributed by atoms with van der Waals surface area (Å²) in [4.78, 5) is 11.0. The van der Waals surface area contributed by atoms with Gasteiger partial charge < -0.3 is 10.5 Å². The molecular weight excluding hydrogens is 211 g/mol. The molecule has 0 heterocycles. The van der Waals surface area contributed by atoms with Crippen LogP contribution in [0.5, 0.6) is 0 Å². The molecule has 0 aliphatic heterocycles. The molecule has 0 unspecified atom stereocenters. The van der Waals surface area contributed by atoms with E-state index < -0.39 is 37.1 Å². The van der Waals surface area contributed by atoms with Crippen LogP contribution in [0.4, 0.5) is 13.2 Å². The van der Waals surface area contributed by atoms with Gasteiger partial charge in [-0.15, -0.1) is 0 Å². The third-order valence-corrected chi connectivity index (χ3v) is 1.77. The highest BCUT2D eigenvalue weighted by Gasteiger charge is 2.30. The first-order valence-corrected chi connectivity index (χ1v) is 4.38. The van der Waals surface area contributed by atoms with Gasteiger partial charge in [-0.25, -0.2) is 18.0 Å². The molecular formula is C9H14F3NO2. The van der Waals surface area contributed by atoms with Crippen molar-refractivity contribution in [3.05, 3.63) is 11.8 Å². The predicted molar refractivity (Wildman–Crippen MR) is 49.3 cm³/mol. The first-order chi connectivity index (χ1) is 7.05. The highest BCUT2D eigenvalue weighted by Crippen LogP contribution is 2.22. The Morgan fingerprint density at radius 3 is 2.13 bits per heavy atom. The molecule has 0 bridgehead atoms. The summed E-state index contributed by atoms with van der Waals surface area (Å²) in [6, 6.07) is 0. The molecule has 0 aliphatic carbocycles. The summed E-state index contributed by atoms with van der Waals surface area (Å²) in [5.74, 6) is -0.905. The number of hydrogen-bond donors (Lipinski definition) is 1. The minimum atomic E-state index is -1.96. The highest BCUT2D eigenvalue weighted by atomic mass is 19.1. The molecule has 0 aromatic rings. The van der Waals surface area contributed by atoms with E-state index in [-0.39, 0.29) is 6.61 Å². The molecule has 6 heteroatoms. The van der Waals surface area contributed by atoms with Crippen LogP contribution in [0.3, 0.4) is 0 Å². The summed E-state index contributed by atoms with van der Waals surface area (Å²) in [6.07, 6.45) is 0.741. The zero-order valence-electron chi connectivity index (χ0n) is 8.43. The molecule has 0 spiro atoms. The second-order valence-corrected chi connectivity index (χ2v) is 3.08. The van der Waals surface area contributed by atoms with Crippen molar-refractivity contribution in [1.82, 2.24) is 0 Å². The molecule has 15 heavy (non-hydrogen) atoms. The van der Waals surface area contributed by atoms with Gasteiger partial charge in [-0.2, -0.15) is 0 Å². The lowest BCUT2D eigenvalue weighted by atomic mass is 9.92. The lowest BCUT2D eigenvalue weighted by molar-refractivity contribution is -0.138. The molecule has 88 valence electrons. The zero-order valence-corrected chi connectivity index (χ0v) is 8.43. The van der Waals surface area contributed by atoms with Crippen LogP contribution in [0.1, 0.15) is 6.92 Å². The fourth-order valence-corrected chi connectivity index (χ4v) is 0.826. The number of allylic oxidation sites excluding steroid dienone is 1. The van der Waals surface area contributed by atoms with Crippen LogP contribution >= 0.6 is 0 Å². The van der Waals surface area contributed by atoms with E-state index in [4.69, 9.17) is 5.73 Å². The van der Waals surface area contributed by atoms with Crippen LogP contribution in [0, 0.1) is 5.41 Å². The maximum absolute atomic E-state index is 12.4. The van der Waals surface area contributed by atoms with Gasteiger partial charge in [-0.05, 0) is 13.0 Å². The Labute approximate surface area is 86.1 Å². The van der Waals surface area contributed by atoms with E-state index in [1.807, 2.05) is 0 Å². The van der Waals surface area contributed by atoms with Crippen LogP contribution in [0.25, 0.3) is 0 Å². The van der Waals surface area contributed by atoms with E-state index in [0.717, 1.165) is 6.08 Å². The van der Waals surface area contributed by atoms with Crippen molar-refractivity contribution in [2.45, 2.75) is 6.92 Å². The normalized spacial score (nSPS) is 12.7. The molecule has 2 N–H and O–H groups in total. The number of nitrogens with two attached hydrogens (primary N) is 1. The minimum absolute atomic E-state index is 0.0846. The van der Waals surface area contributed by atoms with Crippen LogP contribution < -0.4 is 5.73 Å². The van der Waals surface area contributed by atoms with E-state index in [1.165, 1.54) is 0 Å². The number of hydrogen-bond acceptors (Lipinski definition) is 3. The maximum atomic E-state index is 12.4. The fourth-order valence-electron chi connectivity index (χ4n) is 0.826. The van der Waals surface area contributed by atoms with Crippen molar-refractivity contribution in [2.24, 2.45) is 11.1 Å². The Kier molecular flexibility index (Phi) is 5.81. The van der Waals surface area contributed by atoms with Gasteiger partial charge in [0, 0.05) is 0 Å². The van der Waals surface area contributed by atoms with E-state index in [1.54, 1.807) is 6.92 Å². The molecule has 0 rings (SSSR count). The number of carbonyl (C=O) groups excluding carboxylic acids is 1. The monoisotopic (exact) mass is 225 g/mol. The number of rotatable bonds is 6. The van der Waals surface area contributed by atoms with Crippen molar-refractivity contribution in [3.8, 4) is 0 Å². The number of esters is 1. The molecule has 0 amide bonds. The molecule has 0 radical (unpaired) electrons. The molecule has 0 atom stereocenters. The third-order valence-electron chi connectivity index (χ3n) is 1.77. The number of halogens is 3. The Hall–Kier alpha value is -1.20. The third kappa shape index (κ3) is 3.81. The summed E-state index contributed by atoms with van der Waals surface area (Å²) in [5, 5.41) is 0. The van der Waals surface area contributed by atoms with Crippen molar-refractivity contribution >= 4 is 5.97 Å². The van der Waals surface area contributed by atoms with E-state index >= 15 is 0 Å². The summed E-state index contributed by atoms with van der Waals surface area (Å²) in [5.41, 5.74) is 2.76. The van der Waals surface area contributed by atoms with Gasteiger partial charge in [0.2, 0.25) is 0 Å². The van der Waals surface area contributed by atoms with Crippen molar-refractivity contribution in [1.29, 1.82) is 0 Å². The van der Waals surface area contributed by atoms with Gasteiger partial charge in [0.15, 0.2) is 0 Å². The topological polar surface area (TPSA) is 52.3 Å². The summed E-state index contributed by atoms with van der Waals surface area (Å²) in [6.45, 7) is -2.15. The van der Waals surface area contributed by atoms with Gasteiger partial charge in [-0.1, -0.05) is 0 Å². The van der Waals surface area contributed by atoms with Crippen molar-refractivity contribution < 1.29 is 22.7 Å². The fraction of sp³-hybridized carbons (Fsp3) is 0.667. The average Bonchev–Trinajstić information content (AvgIpc) is 2.26. The van der Waals surface area contributed by atoms with Gasteiger partial charge in [0.1, 0.15) is 25.7 Å². The van der Waals surface area contributed by atoms with Crippen LogP contribution in [-0.2, 0) is 9.53 Å². The number of carbonyl (C=O) groups is 1. The highest BCUT2D eigenvalue weighted by molar-refractivity contribution is 5.87. The Balaban J connectivity index is 4.74. The van der Waals surface area contributed by atoms with Gasteiger partial charge >= 0.3 is 5.97 Å². The summed E-state index contributed by atoms with van der Waals surface area (Å²) in [7, 11) is 0. The predicted octanol–water partition coefficient (Wildman–Crippen LogP) is 1.29. The number of ether oxygens (including phenoxy) is 1. The van der Waals surface area contributed by atoms with Crippen molar-refractivity contribution in [3.63, 3.8) is 0 Å². The number of alkyl halides is 3. The van der Waals surface area contributed by atoms with E-state index in [2.05, 4.69) is 4.74 Å². The summed E-state index contributed by atoms with van der Waals surface area (Å²) < 4.78 is 41.7. The quantitative estimate of drug-likeness (QED) is 0.547. The van der Waals surface area contributed by atoms with Crippen molar-refractivity contribution in [2.75, 3.05) is 26.6 Å². The zero-order chi connectivity index (χ0) is 11.9. The molecule has 0 aliphatic rings. The summed E-state index contributed by atoms with van der Waals surface area (Å²) >= 11 is 0. The smallest absolute Gasteiger partial charge is 0.353 e. The molecule has 0 aromatic carbocycles. The standard InChI is InChI=1S/C9H14F3NO2/c1-2-15-8(14)7(13)3-9(4-10,5-11)6-12/h3H,2,4-6,13H2,1H3. The van der Waals surface area contributed by atoms with Gasteiger partial charge in [-0.3, -0.25) is 0 Å². The van der Waals surface area contributed by atoms with Gasteiger partial charge in [0.05, 0.1) is 12.0 Å². The molecule has 0 saturated heterocycles. The van der Waals surface area contributed by atoms with E-state index in [9.17, 15) is 18.0 Å². The van der Waals surface area contributed by atoms with Crippen LogP contribution in [0.2, 0.25) is 0 Å². The molecule has 0 fully saturated rings. The first-order valence-electron chi connectivity index (χ1n) is 4.38. The van der Waals surface area contributed by atoms with E-state index in [0.29, 0.717) is 0 Å². The largest absolute Gasteiger partial charge is 0.461 e. The minimum Gasteiger partial charge on any atom is -0.461 e. The van der Waals surface area contributed by atoms with Gasteiger partial charge in [0.25, 0.3) is 0 Å². The average molecular weight is 225 g/mol. The molecule has 0 aromatic heterocycles.